The number of benzene rings is 1. The number of likely N-dealkylation sites (tertiary alicyclic amines) is 1. The van der Waals surface area contributed by atoms with Crippen LogP contribution in [0, 0.1) is 11.7 Å². The molecular formula is C22H29FN2O3. The summed E-state index contributed by atoms with van der Waals surface area (Å²) in [5.41, 5.74) is 0.130. The van der Waals surface area contributed by atoms with Crippen LogP contribution in [0.3, 0.4) is 0 Å². The molecule has 6 heteroatoms. The zero-order valence-electron chi connectivity index (χ0n) is 16.4. The van der Waals surface area contributed by atoms with Gasteiger partial charge in [0.15, 0.2) is 0 Å². The van der Waals surface area contributed by atoms with Crippen molar-refractivity contribution in [2.75, 3.05) is 31.1 Å². The molecule has 0 bridgehead atoms. The fraction of sp³-hybridized carbons (Fsp3) is 0.636. The van der Waals surface area contributed by atoms with Crippen molar-refractivity contribution in [3.05, 3.63) is 30.1 Å². The first-order chi connectivity index (χ1) is 13.5. The number of hydrogen-bond acceptors (Lipinski definition) is 3. The van der Waals surface area contributed by atoms with E-state index in [4.69, 9.17) is 4.74 Å². The normalized spacial score (nSPS) is 23.2. The molecule has 2 aliphatic heterocycles. The summed E-state index contributed by atoms with van der Waals surface area (Å²) in [5.74, 6) is 0.306. The maximum Gasteiger partial charge on any atom is 0.253 e. The second-order valence-electron chi connectivity index (χ2n) is 8.52. The van der Waals surface area contributed by atoms with Gasteiger partial charge < -0.3 is 14.5 Å². The van der Waals surface area contributed by atoms with E-state index in [-0.39, 0.29) is 24.2 Å². The molecule has 1 aliphatic carbocycles. The molecule has 0 radical (unpaired) electrons. The molecule has 2 saturated heterocycles. The van der Waals surface area contributed by atoms with Crippen molar-refractivity contribution < 1.29 is 18.7 Å². The van der Waals surface area contributed by atoms with Crippen molar-refractivity contribution in [2.24, 2.45) is 5.92 Å². The lowest BCUT2D eigenvalue weighted by Gasteiger charge is -2.47. The van der Waals surface area contributed by atoms with Crippen LogP contribution in [0.5, 0.6) is 0 Å². The van der Waals surface area contributed by atoms with Gasteiger partial charge in [-0.2, -0.15) is 0 Å². The first kappa shape index (κ1) is 19.4. The number of nitrogens with zero attached hydrogens (tertiary/aromatic N) is 2. The number of morpholine rings is 1. The van der Waals surface area contributed by atoms with E-state index in [1.165, 1.54) is 44.2 Å². The monoisotopic (exact) mass is 388 g/mol. The van der Waals surface area contributed by atoms with Gasteiger partial charge in [0.05, 0.1) is 12.1 Å². The van der Waals surface area contributed by atoms with E-state index < -0.39 is 5.60 Å². The number of carbonyl (C=O) groups is 2. The van der Waals surface area contributed by atoms with E-state index in [1.807, 2.05) is 4.90 Å². The quantitative estimate of drug-likeness (QED) is 0.796. The van der Waals surface area contributed by atoms with Crippen molar-refractivity contribution in [2.45, 2.75) is 57.0 Å². The second-order valence-corrected chi connectivity index (χ2v) is 8.52. The summed E-state index contributed by atoms with van der Waals surface area (Å²) < 4.78 is 19.6. The molecule has 1 spiro atoms. The number of ether oxygens (including phenoxy) is 1. The van der Waals surface area contributed by atoms with Gasteiger partial charge >= 0.3 is 0 Å². The van der Waals surface area contributed by atoms with Crippen molar-refractivity contribution in [3.63, 3.8) is 0 Å². The molecular weight excluding hydrogens is 359 g/mol. The number of anilines is 1. The smallest absolute Gasteiger partial charge is 0.253 e. The number of halogens is 1. The van der Waals surface area contributed by atoms with Gasteiger partial charge in [-0.25, -0.2) is 4.39 Å². The standard InChI is InChI=1S/C22H29FN2O3/c23-18-7-4-8-19(14-18)25-16-22(28-15-21(25)27)9-11-24(12-10-22)20(26)13-17-5-2-1-3-6-17/h4,7-8,14,17H,1-3,5-6,9-13,15-16H2. The van der Waals surface area contributed by atoms with Gasteiger partial charge in [-0.15, -0.1) is 0 Å². The third kappa shape index (κ3) is 4.22. The van der Waals surface area contributed by atoms with E-state index >= 15 is 0 Å². The fourth-order valence-electron chi connectivity index (χ4n) is 4.83. The number of hydrogen-bond donors (Lipinski definition) is 0. The van der Waals surface area contributed by atoms with Crippen LogP contribution in [0.4, 0.5) is 10.1 Å². The highest BCUT2D eigenvalue weighted by Gasteiger charge is 2.43. The molecule has 5 nitrogen and oxygen atoms in total. The largest absolute Gasteiger partial charge is 0.363 e. The lowest BCUT2D eigenvalue weighted by molar-refractivity contribution is -0.151. The zero-order chi connectivity index (χ0) is 19.6. The van der Waals surface area contributed by atoms with E-state index in [9.17, 15) is 14.0 Å². The number of amides is 2. The van der Waals surface area contributed by atoms with Gasteiger partial charge in [-0.05, 0) is 49.8 Å². The summed E-state index contributed by atoms with van der Waals surface area (Å²) in [6, 6.07) is 6.13. The Morgan fingerprint density at radius 1 is 1.18 bits per heavy atom. The first-order valence-electron chi connectivity index (χ1n) is 10.5. The lowest BCUT2D eigenvalue weighted by atomic mass is 9.85. The average Bonchev–Trinajstić information content (AvgIpc) is 2.71. The predicted octanol–water partition coefficient (Wildman–Crippen LogP) is 3.52. The summed E-state index contributed by atoms with van der Waals surface area (Å²) in [7, 11) is 0. The molecule has 0 unspecified atom stereocenters. The molecule has 2 heterocycles. The van der Waals surface area contributed by atoms with E-state index in [1.54, 1.807) is 17.0 Å². The Morgan fingerprint density at radius 2 is 1.93 bits per heavy atom. The van der Waals surface area contributed by atoms with Crippen LogP contribution < -0.4 is 4.90 Å². The van der Waals surface area contributed by atoms with E-state index in [0.717, 1.165) is 0 Å². The van der Waals surface area contributed by atoms with Crippen molar-refractivity contribution >= 4 is 17.5 Å². The molecule has 4 rings (SSSR count). The van der Waals surface area contributed by atoms with Gasteiger partial charge in [0.1, 0.15) is 12.4 Å². The third-order valence-electron chi connectivity index (χ3n) is 6.58. The van der Waals surface area contributed by atoms with Gasteiger partial charge in [-0.3, -0.25) is 9.59 Å². The van der Waals surface area contributed by atoms with Crippen LogP contribution in [0.2, 0.25) is 0 Å². The molecule has 0 N–H and O–H groups in total. The molecule has 2 amide bonds. The minimum Gasteiger partial charge on any atom is -0.363 e. The highest BCUT2D eigenvalue weighted by molar-refractivity contribution is 5.95. The van der Waals surface area contributed by atoms with Crippen molar-refractivity contribution in [1.82, 2.24) is 4.90 Å². The third-order valence-corrected chi connectivity index (χ3v) is 6.58. The van der Waals surface area contributed by atoms with Crippen LogP contribution in [0.1, 0.15) is 51.4 Å². The molecule has 3 aliphatic rings. The number of rotatable bonds is 3. The molecule has 152 valence electrons. The maximum absolute atomic E-state index is 13.6. The van der Waals surface area contributed by atoms with Gasteiger partial charge in [0.25, 0.3) is 5.91 Å². The van der Waals surface area contributed by atoms with Gasteiger partial charge in [0, 0.05) is 25.2 Å². The number of carbonyl (C=O) groups excluding carboxylic acids is 2. The molecule has 0 aromatic heterocycles. The molecule has 1 aromatic carbocycles. The fourth-order valence-corrected chi connectivity index (χ4v) is 4.83. The van der Waals surface area contributed by atoms with Crippen LogP contribution in [0.25, 0.3) is 0 Å². The summed E-state index contributed by atoms with van der Waals surface area (Å²) in [5, 5.41) is 0. The summed E-state index contributed by atoms with van der Waals surface area (Å²) in [6.07, 6.45) is 8.24. The highest BCUT2D eigenvalue weighted by Crippen LogP contribution is 2.34. The SMILES string of the molecule is O=C(CC1CCCCC1)N1CCC2(CC1)CN(c1cccc(F)c1)C(=O)CO2. The van der Waals surface area contributed by atoms with Gasteiger partial charge in [-0.1, -0.05) is 25.3 Å². The Balaban J connectivity index is 1.36. The molecule has 28 heavy (non-hydrogen) atoms. The predicted molar refractivity (Wildman–Crippen MR) is 104 cm³/mol. The Morgan fingerprint density at radius 3 is 2.64 bits per heavy atom. The highest BCUT2D eigenvalue weighted by atomic mass is 19.1. The molecule has 1 saturated carbocycles. The molecule has 3 fully saturated rings. The van der Waals surface area contributed by atoms with Crippen LogP contribution >= 0.6 is 0 Å². The zero-order valence-corrected chi connectivity index (χ0v) is 16.4. The second kappa shape index (κ2) is 8.19. The number of piperidine rings is 1. The minimum absolute atomic E-state index is 0.00648. The Labute approximate surface area is 165 Å². The molecule has 1 aromatic rings. The Hall–Kier alpha value is -1.95. The van der Waals surface area contributed by atoms with E-state index in [2.05, 4.69) is 0 Å². The topological polar surface area (TPSA) is 49.9 Å². The van der Waals surface area contributed by atoms with Gasteiger partial charge in [0.2, 0.25) is 5.91 Å². The van der Waals surface area contributed by atoms with Crippen molar-refractivity contribution in [1.29, 1.82) is 0 Å². The maximum atomic E-state index is 13.6. The summed E-state index contributed by atoms with van der Waals surface area (Å²) >= 11 is 0. The van der Waals surface area contributed by atoms with E-state index in [0.29, 0.717) is 50.5 Å². The Kier molecular flexibility index (Phi) is 5.67. The van der Waals surface area contributed by atoms with Crippen LogP contribution in [-0.4, -0.2) is 48.6 Å². The molecule has 0 atom stereocenters. The summed E-state index contributed by atoms with van der Waals surface area (Å²) in [4.78, 5) is 28.6. The minimum atomic E-state index is -0.443. The summed E-state index contributed by atoms with van der Waals surface area (Å²) in [6.45, 7) is 1.75. The average molecular weight is 388 g/mol. The Bertz CT molecular complexity index is 724. The first-order valence-corrected chi connectivity index (χ1v) is 10.5. The van der Waals surface area contributed by atoms with Crippen LogP contribution in [0.15, 0.2) is 24.3 Å². The lowest BCUT2D eigenvalue weighted by Crippen LogP contribution is -2.59. The van der Waals surface area contributed by atoms with Crippen LogP contribution in [-0.2, 0) is 14.3 Å². The van der Waals surface area contributed by atoms with Crippen molar-refractivity contribution in [3.8, 4) is 0 Å².